The van der Waals surface area contributed by atoms with Gasteiger partial charge in [0.05, 0.1) is 17.9 Å². The fraction of sp³-hybridized carbons (Fsp3) is 0.632. The van der Waals surface area contributed by atoms with E-state index in [9.17, 15) is 15.2 Å². The highest BCUT2D eigenvalue weighted by Gasteiger charge is 2.38. The van der Waals surface area contributed by atoms with Gasteiger partial charge in [-0.25, -0.2) is 0 Å². The van der Waals surface area contributed by atoms with E-state index >= 15 is 0 Å². The number of hydrogen-bond acceptors (Lipinski definition) is 6. The summed E-state index contributed by atoms with van der Waals surface area (Å²) in [7, 11) is 0. The third-order valence-electron chi connectivity index (χ3n) is 5.62. The summed E-state index contributed by atoms with van der Waals surface area (Å²) in [5, 5.41) is 22.7. The molecule has 7 nitrogen and oxygen atoms in total. The molecule has 1 amide bonds. The van der Waals surface area contributed by atoms with Gasteiger partial charge in [0.1, 0.15) is 0 Å². The Bertz CT molecular complexity index is 700. The molecule has 0 spiro atoms. The summed E-state index contributed by atoms with van der Waals surface area (Å²) < 4.78 is 3.98. The van der Waals surface area contributed by atoms with Gasteiger partial charge in [-0.2, -0.15) is 0 Å². The molecule has 1 aromatic carbocycles. The van der Waals surface area contributed by atoms with Gasteiger partial charge in [-0.05, 0) is 56.8 Å². The highest BCUT2D eigenvalue weighted by atomic mass is 35.6. The third kappa shape index (κ3) is 5.88. The fourth-order valence-electron chi connectivity index (χ4n) is 4.24. The van der Waals surface area contributed by atoms with Crippen LogP contribution in [0, 0.1) is 11.1 Å². The number of anilines is 1. The highest BCUT2D eigenvalue weighted by Crippen LogP contribution is 2.35. The molecule has 2 saturated heterocycles. The molecule has 0 radical (unpaired) electrons. The number of hydrogen-bond donors (Lipinski definition) is 2. The number of fused-ring (bicyclic) bond motifs is 1. The van der Waals surface area contributed by atoms with Crippen LogP contribution in [0.5, 0.6) is 0 Å². The first-order valence-corrected chi connectivity index (χ1v) is 10.9. The van der Waals surface area contributed by atoms with E-state index < -0.39 is 15.9 Å². The van der Waals surface area contributed by atoms with E-state index in [1.807, 2.05) is 0 Å². The molecule has 29 heavy (non-hydrogen) atoms. The number of rotatable bonds is 6. The maximum absolute atomic E-state index is 12.7. The number of carbonyl (C=O) groups excluding carboxylic acids is 1. The van der Waals surface area contributed by atoms with Crippen LogP contribution >= 0.6 is 34.8 Å². The Balaban J connectivity index is 1.67. The van der Waals surface area contributed by atoms with E-state index in [1.54, 1.807) is 6.07 Å². The van der Waals surface area contributed by atoms with Crippen molar-refractivity contribution in [2.45, 2.75) is 48.2 Å². The SMILES string of the molecule is O=C(NC(OCC1CCCN2CCCCC12)C(Cl)(Cl)Cl)c1ccccc1N([O-])O. The molecule has 162 valence electrons. The van der Waals surface area contributed by atoms with Gasteiger partial charge in [-0.3, -0.25) is 10.0 Å². The van der Waals surface area contributed by atoms with Crippen LogP contribution in [0.2, 0.25) is 0 Å². The zero-order valence-electron chi connectivity index (χ0n) is 15.9. The molecule has 0 saturated carbocycles. The number of nitrogens with zero attached hydrogens (tertiary/aromatic N) is 2. The maximum Gasteiger partial charge on any atom is 0.255 e. The molecule has 2 aliphatic heterocycles. The standard InChI is InChI=1S/C19H25Cl3N3O4/c20-19(21,22)18(23-17(26)14-7-1-2-9-16(14)25(27)28)29-12-13-6-5-11-24-10-4-3-8-15(13)24/h1-2,7,9,13,15,18,27H,3-6,8,10-12H2,(H,23,26)/q-1. The average molecular weight is 466 g/mol. The molecule has 2 N–H and O–H groups in total. The molecule has 0 bridgehead atoms. The van der Waals surface area contributed by atoms with Gasteiger partial charge < -0.3 is 25.4 Å². The summed E-state index contributed by atoms with van der Waals surface area (Å²) in [5.74, 6) is -0.382. The Morgan fingerprint density at radius 3 is 2.72 bits per heavy atom. The maximum atomic E-state index is 12.7. The first-order chi connectivity index (χ1) is 13.8. The van der Waals surface area contributed by atoms with Crippen molar-refractivity contribution in [2.75, 3.05) is 24.9 Å². The molecular formula is C19H25Cl3N3O4-. The van der Waals surface area contributed by atoms with Crippen molar-refractivity contribution in [3.05, 3.63) is 35.0 Å². The zero-order chi connectivity index (χ0) is 21.0. The van der Waals surface area contributed by atoms with Crippen LogP contribution in [0.25, 0.3) is 0 Å². The minimum atomic E-state index is -1.90. The molecule has 2 fully saturated rings. The third-order valence-corrected chi connectivity index (χ3v) is 6.21. The number of nitrogens with one attached hydrogen (secondary N) is 1. The van der Waals surface area contributed by atoms with Crippen LogP contribution in [0.1, 0.15) is 42.5 Å². The number of amides is 1. The summed E-state index contributed by atoms with van der Waals surface area (Å²) in [4.78, 5) is 15.2. The number of alkyl halides is 3. The molecular weight excluding hydrogens is 441 g/mol. The predicted molar refractivity (Wildman–Crippen MR) is 114 cm³/mol. The van der Waals surface area contributed by atoms with Gasteiger partial charge in [0.15, 0.2) is 6.23 Å². The van der Waals surface area contributed by atoms with Crippen molar-refractivity contribution in [3.63, 3.8) is 0 Å². The van der Waals surface area contributed by atoms with Crippen molar-refractivity contribution in [1.82, 2.24) is 10.2 Å². The molecule has 3 unspecified atom stereocenters. The zero-order valence-corrected chi connectivity index (χ0v) is 18.2. The monoisotopic (exact) mass is 464 g/mol. The van der Waals surface area contributed by atoms with Crippen molar-refractivity contribution >= 4 is 46.4 Å². The lowest BCUT2D eigenvalue weighted by Crippen LogP contribution is -2.51. The Kier molecular flexibility index (Phi) is 7.89. The minimum Gasteiger partial charge on any atom is -0.733 e. The Hall–Kier alpha value is -0.800. The number of halogens is 3. The average Bonchev–Trinajstić information content (AvgIpc) is 2.70. The molecule has 3 rings (SSSR count). The molecule has 0 aliphatic carbocycles. The van der Waals surface area contributed by atoms with Crippen LogP contribution in [0.4, 0.5) is 5.69 Å². The van der Waals surface area contributed by atoms with Crippen LogP contribution in [0.15, 0.2) is 24.3 Å². The topological polar surface area (TPSA) is 88.1 Å². The molecule has 0 aromatic heterocycles. The number of para-hydroxylation sites is 1. The van der Waals surface area contributed by atoms with Gasteiger partial charge in [-0.1, -0.05) is 53.4 Å². The van der Waals surface area contributed by atoms with Gasteiger partial charge in [0, 0.05) is 6.04 Å². The summed E-state index contributed by atoms with van der Waals surface area (Å²) >= 11 is 18.1. The number of piperidine rings is 2. The second kappa shape index (κ2) is 10.0. The lowest BCUT2D eigenvalue weighted by atomic mass is 9.84. The molecule has 1 aromatic rings. The summed E-state index contributed by atoms with van der Waals surface area (Å²) in [6.07, 6.45) is 4.47. The highest BCUT2D eigenvalue weighted by molar-refractivity contribution is 6.68. The second-order valence-corrected chi connectivity index (χ2v) is 9.89. The van der Waals surface area contributed by atoms with Gasteiger partial charge in [0.2, 0.25) is 3.79 Å². The Morgan fingerprint density at radius 2 is 2.00 bits per heavy atom. The largest absolute Gasteiger partial charge is 0.733 e. The van der Waals surface area contributed by atoms with Crippen LogP contribution in [0.3, 0.4) is 0 Å². The van der Waals surface area contributed by atoms with E-state index in [0.29, 0.717) is 18.6 Å². The van der Waals surface area contributed by atoms with Gasteiger partial charge in [0.25, 0.3) is 5.91 Å². The van der Waals surface area contributed by atoms with E-state index in [2.05, 4.69) is 10.2 Å². The summed E-state index contributed by atoms with van der Waals surface area (Å²) in [6.45, 7) is 2.57. The van der Waals surface area contributed by atoms with Crippen molar-refractivity contribution in [2.24, 2.45) is 5.92 Å². The Labute approximate surface area is 185 Å². The first-order valence-electron chi connectivity index (χ1n) is 9.76. The summed E-state index contributed by atoms with van der Waals surface area (Å²) in [6, 6.07) is 6.24. The van der Waals surface area contributed by atoms with Crippen molar-refractivity contribution in [3.8, 4) is 0 Å². The normalized spacial score (nSPS) is 23.9. The molecule has 2 aliphatic rings. The van der Waals surface area contributed by atoms with Gasteiger partial charge >= 0.3 is 0 Å². The van der Waals surface area contributed by atoms with E-state index in [4.69, 9.17) is 39.5 Å². The fourth-order valence-corrected chi connectivity index (χ4v) is 4.59. The van der Waals surface area contributed by atoms with E-state index in [1.165, 1.54) is 31.0 Å². The number of benzene rings is 1. The van der Waals surface area contributed by atoms with E-state index in [-0.39, 0.29) is 16.5 Å². The lowest BCUT2D eigenvalue weighted by Gasteiger charge is -2.44. The Morgan fingerprint density at radius 1 is 1.28 bits per heavy atom. The van der Waals surface area contributed by atoms with Crippen LogP contribution in [-0.4, -0.2) is 51.8 Å². The predicted octanol–water partition coefficient (Wildman–Crippen LogP) is 4.09. The number of carbonyl (C=O) groups is 1. The number of ether oxygens (including phenoxy) is 1. The van der Waals surface area contributed by atoms with Crippen LogP contribution < -0.4 is 10.5 Å². The first kappa shape index (κ1) is 22.9. The molecule has 2 heterocycles. The molecule has 3 atom stereocenters. The minimum absolute atomic E-state index is 0.0519. The van der Waals surface area contributed by atoms with Crippen LogP contribution in [-0.2, 0) is 4.74 Å². The van der Waals surface area contributed by atoms with Crippen molar-refractivity contribution in [1.29, 1.82) is 0 Å². The summed E-state index contributed by atoms with van der Waals surface area (Å²) in [5.41, 5.74) is -0.262. The lowest BCUT2D eigenvalue weighted by molar-refractivity contribution is -0.0325. The van der Waals surface area contributed by atoms with Crippen molar-refractivity contribution < 1.29 is 14.7 Å². The molecule has 10 heteroatoms. The smallest absolute Gasteiger partial charge is 0.255 e. The van der Waals surface area contributed by atoms with E-state index in [0.717, 1.165) is 32.4 Å². The van der Waals surface area contributed by atoms with Gasteiger partial charge in [-0.15, -0.1) is 0 Å². The quantitative estimate of drug-likeness (QED) is 0.374. The second-order valence-electron chi connectivity index (χ2n) is 7.52.